The van der Waals surface area contributed by atoms with Gasteiger partial charge in [0.2, 0.25) is 0 Å². The van der Waals surface area contributed by atoms with Crippen LogP contribution in [0.2, 0.25) is 0 Å². The molecule has 0 radical (unpaired) electrons. The van der Waals surface area contributed by atoms with Crippen molar-refractivity contribution in [2.75, 3.05) is 5.32 Å². The summed E-state index contributed by atoms with van der Waals surface area (Å²) in [5, 5.41) is 11.5. The number of aromatic carboxylic acids is 1. The van der Waals surface area contributed by atoms with Crippen molar-refractivity contribution < 1.29 is 32.2 Å². The minimum absolute atomic E-state index is 0.0408. The number of amides is 1. The third-order valence-corrected chi connectivity index (χ3v) is 6.10. The Morgan fingerprint density at radius 2 is 1.82 bits per heavy atom. The van der Waals surface area contributed by atoms with Crippen LogP contribution in [-0.2, 0) is 15.6 Å². The van der Waals surface area contributed by atoms with Gasteiger partial charge in [0.15, 0.2) is 9.84 Å². The Balaban J connectivity index is 1.91. The molecule has 3 aromatic rings. The Labute approximate surface area is 190 Å². The molecule has 0 atom stereocenters. The zero-order valence-electron chi connectivity index (χ0n) is 17.8. The number of carboxylic acids is 1. The summed E-state index contributed by atoms with van der Waals surface area (Å²) in [4.78, 5) is 27.2. The average Bonchev–Trinajstić information content (AvgIpc) is 2.73. The quantitative estimate of drug-likeness (QED) is 0.509. The number of ether oxygens (including phenoxy) is 1. The number of benzene rings is 2. The molecule has 0 aliphatic heterocycles. The maximum atomic E-state index is 14.1. The molecule has 33 heavy (non-hydrogen) atoms. The summed E-state index contributed by atoms with van der Waals surface area (Å²) in [5.41, 5.74) is 0.285. The molecule has 2 aromatic carbocycles. The summed E-state index contributed by atoms with van der Waals surface area (Å²) in [6, 6.07) is 12.0. The summed E-state index contributed by atoms with van der Waals surface area (Å²) in [6.45, 7) is 3.55. The third kappa shape index (κ3) is 6.13. The number of hydrogen-bond acceptors (Lipinski definition) is 6. The van der Waals surface area contributed by atoms with E-state index < -0.39 is 38.2 Å². The average molecular weight is 472 g/mol. The second-order valence-corrected chi connectivity index (χ2v) is 9.37. The molecule has 0 saturated heterocycles. The molecule has 172 valence electrons. The van der Waals surface area contributed by atoms with Crippen LogP contribution >= 0.6 is 0 Å². The normalized spacial score (nSPS) is 11.3. The van der Waals surface area contributed by atoms with Crippen LogP contribution in [0.15, 0.2) is 65.7 Å². The number of pyridine rings is 1. The fourth-order valence-corrected chi connectivity index (χ4v) is 4.40. The summed E-state index contributed by atoms with van der Waals surface area (Å²) < 4.78 is 45.3. The molecule has 1 aromatic heterocycles. The first-order valence-corrected chi connectivity index (χ1v) is 11.5. The van der Waals surface area contributed by atoms with Crippen molar-refractivity contribution in [3.05, 3.63) is 83.3 Å². The number of rotatable bonds is 8. The van der Waals surface area contributed by atoms with Crippen molar-refractivity contribution in [3.8, 4) is 5.75 Å². The van der Waals surface area contributed by atoms with Gasteiger partial charge in [-0.3, -0.25) is 4.79 Å². The number of anilines is 1. The van der Waals surface area contributed by atoms with E-state index >= 15 is 0 Å². The second kappa shape index (κ2) is 9.78. The highest BCUT2D eigenvalue weighted by Gasteiger charge is 2.21. The van der Waals surface area contributed by atoms with Gasteiger partial charge in [-0.2, -0.15) is 0 Å². The largest absolute Gasteiger partial charge is 0.491 e. The Morgan fingerprint density at radius 1 is 1.09 bits per heavy atom. The summed E-state index contributed by atoms with van der Waals surface area (Å²) in [7, 11) is -4.03. The lowest BCUT2D eigenvalue weighted by Crippen LogP contribution is -2.15. The lowest BCUT2D eigenvalue weighted by Gasteiger charge is -2.14. The Hall–Kier alpha value is -3.79. The van der Waals surface area contributed by atoms with Gasteiger partial charge >= 0.3 is 5.97 Å². The van der Waals surface area contributed by atoms with Crippen LogP contribution in [0.5, 0.6) is 5.75 Å². The minimum Gasteiger partial charge on any atom is -0.491 e. The van der Waals surface area contributed by atoms with Gasteiger partial charge in [0.05, 0.1) is 17.4 Å². The number of hydrogen-bond donors (Lipinski definition) is 2. The fourth-order valence-electron chi connectivity index (χ4n) is 2.99. The lowest BCUT2D eigenvalue weighted by atomic mass is 10.1. The van der Waals surface area contributed by atoms with Crippen LogP contribution in [0.1, 0.15) is 40.1 Å². The fraction of sp³-hybridized carbons (Fsp3) is 0.174. The molecular formula is C23H21FN2O6S. The standard InChI is InChI=1S/C23H21FN2O6S/c1-14(2)32-18-10-15(13-33(30,31)20-6-4-3-5-19(20)24)9-17(11-18)22(27)26-21-8-7-16(12-25-21)23(28)29/h3-12,14H,13H2,1-2H3,(H,28,29)(H,25,26,27). The van der Waals surface area contributed by atoms with Crippen LogP contribution in [0.25, 0.3) is 0 Å². The lowest BCUT2D eigenvalue weighted by molar-refractivity contribution is 0.0696. The molecule has 8 nitrogen and oxygen atoms in total. The highest BCUT2D eigenvalue weighted by atomic mass is 32.2. The highest BCUT2D eigenvalue weighted by molar-refractivity contribution is 7.90. The first kappa shape index (κ1) is 23.9. The smallest absolute Gasteiger partial charge is 0.337 e. The predicted octanol–water partition coefficient (Wildman–Crippen LogP) is 3.93. The molecule has 1 heterocycles. The zero-order valence-corrected chi connectivity index (χ0v) is 18.6. The molecule has 0 unspecified atom stereocenters. The monoisotopic (exact) mass is 472 g/mol. The van der Waals surface area contributed by atoms with Gasteiger partial charge in [-0.1, -0.05) is 12.1 Å². The van der Waals surface area contributed by atoms with Crippen LogP contribution in [0, 0.1) is 5.82 Å². The van der Waals surface area contributed by atoms with E-state index in [1.165, 1.54) is 48.5 Å². The van der Waals surface area contributed by atoms with E-state index in [2.05, 4.69) is 10.3 Å². The van der Waals surface area contributed by atoms with E-state index in [0.29, 0.717) is 0 Å². The van der Waals surface area contributed by atoms with Gasteiger partial charge in [0, 0.05) is 11.8 Å². The van der Waals surface area contributed by atoms with Crippen molar-refractivity contribution >= 4 is 27.5 Å². The number of carbonyl (C=O) groups excluding carboxylic acids is 1. The maximum absolute atomic E-state index is 14.1. The summed E-state index contributed by atoms with van der Waals surface area (Å²) in [5.74, 6) is -2.79. The molecular weight excluding hydrogens is 451 g/mol. The van der Waals surface area contributed by atoms with E-state index in [1.807, 2.05) is 0 Å². The van der Waals surface area contributed by atoms with Crippen molar-refractivity contribution in [1.29, 1.82) is 0 Å². The van der Waals surface area contributed by atoms with Gasteiger partial charge in [0.25, 0.3) is 5.91 Å². The van der Waals surface area contributed by atoms with Crippen molar-refractivity contribution in [2.24, 2.45) is 0 Å². The molecule has 3 rings (SSSR count). The van der Waals surface area contributed by atoms with E-state index in [9.17, 15) is 22.4 Å². The SMILES string of the molecule is CC(C)Oc1cc(CS(=O)(=O)c2ccccc2F)cc(C(=O)Nc2ccc(C(=O)O)cn2)c1. The van der Waals surface area contributed by atoms with E-state index in [0.717, 1.165) is 12.3 Å². The molecule has 0 fully saturated rings. The highest BCUT2D eigenvalue weighted by Crippen LogP contribution is 2.25. The molecule has 0 aliphatic rings. The molecule has 0 saturated carbocycles. The number of nitrogens with one attached hydrogen (secondary N) is 1. The van der Waals surface area contributed by atoms with Gasteiger partial charge in [-0.25, -0.2) is 22.6 Å². The van der Waals surface area contributed by atoms with E-state index in [1.54, 1.807) is 13.8 Å². The maximum Gasteiger partial charge on any atom is 0.337 e. The van der Waals surface area contributed by atoms with Gasteiger partial charge in [-0.05, 0) is 61.9 Å². The van der Waals surface area contributed by atoms with Gasteiger partial charge in [0.1, 0.15) is 22.3 Å². The van der Waals surface area contributed by atoms with Crippen LogP contribution < -0.4 is 10.1 Å². The predicted molar refractivity (Wildman–Crippen MR) is 119 cm³/mol. The molecule has 0 spiro atoms. The van der Waals surface area contributed by atoms with Crippen molar-refractivity contribution in [3.63, 3.8) is 0 Å². The molecule has 10 heteroatoms. The number of sulfone groups is 1. The Bertz CT molecular complexity index is 1290. The minimum atomic E-state index is -4.03. The molecule has 2 N–H and O–H groups in total. The Kier molecular flexibility index (Phi) is 7.07. The zero-order chi connectivity index (χ0) is 24.2. The number of nitrogens with zero attached hydrogens (tertiary/aromatic N) is 1. The third-order valence-electron chi connectivity index (χ3n) is 4.38. The molecule has 0 bridgehead atoms. The molecule has 1 amide bonds. The van der Waals surface area contributed by atoms with Crippen molar-refractivity contribution in [1.82, 2.24) is 4.98 Å². The van der Waals surface area contributed by atoms with Gasteiger partial charge < -0.3 is 15.2 Å². The number of aromatic nitrogens is 1. The van der Waals surface area contributed by atoms with Crippen molar-refractivity contribution in [2.45, 2.75) is 30.6 Å². The van der Waals surface area contributed by atoms with E-state index in [-0.39, 0.29) is 34.4 Å². The number of carboxylic acid groups (broad SMARTS) is 1. The van der Waals surface area contributed by atoms with Crippen LogP contribution in [-0.4, -0.2) is 36.5 Å². The number of carbonyl (C=O) groups is 2. The Morgan fingerprint density at radius 3 is 2.42 bits per heavy atom. The van der Waals surface area contributed by atoms with E-state index in [4.69, 9.17) is 9.84 Å². The first-order chi connectivity index (χ1) is 15.5. The summed E-state index contributed by atoms with van der Waals surface area (Å²) in [6.07, 6.45) is 0.854. The summed E-state index contributed by atoms with van der Waals surface area (Å²) >= 11 is 0. The first-order valence-electron chi connectivity index (χ1n) is 9.84. The molecule has 0 aliphatic carbocycles. The van der Waals surface area contributed by atoms with Gasteiger partial charge in [-0.15, -0.1) is 0 Å². The van der Waals surface area contributed by atoms with Crippen LogP contribution in [0.4, 0.5) is 10.2 Å². The van der Waals surface area contributed by atoms with Crippen LogP contribution in [0.3, 0.4) is 0 Å². The topological polar surface area (TPSA) is 123 Å². The number of halogens is 1. The second-order valence-electron chi connectivity index (χ2n) is 7.41.